The van der Waals surface area contributed by atoms with Gasteiger partial charge in [-0.2, -0.15) is 0 Å². The Hall–Kier alpha value is -2.30. The molecular formula is C19H25N3O2. The summed E-state index contributed by atoms with van der Waals surface area (Å²) in [6, 6.07) is 7.84. The lowest BCUT2D eigenvalue weighted by Gasteiger charge is -2.31. The molecule has 1 N–H and O–H groups in total. The van der Waals surface area contributed by atoms with Gasteiger partial charge in [0.1, 0.15) is 11.6 Å². The number of aryl methyl sites for hydroxylation is 2. The van der Waals surface area contributed by atoms with Gasteiger partial charge >= 0.3 is 0 Å². The highest BCUT2D eigenvalue weighted by Gasteiger charge is 2.34. The molecule has 0 saturated heterocycles. The largest absolute Gasteiger partial charge is 0.496 e. The van der Waals surface area contributed by atoms with E-state index in [4.69, 9.17) is 4.74 Å². The van der Waals surface area contributed by atoms with Gasteiger partial charge in [0.2, 0.25) is 5.91 Å². The second-order valence-corrected chi connectivity index (χ2v) is 6.99. The number of para-hydroxylation sites is 1. The van der Waals surface area contributed by atoms with E-state index in [1.807, 2.05) is 45.0 Å². The van der Waals surface area contributed by atoms with Gasteiger partial charge < -0.3 is 14.6 Å². The van der Waals surface area contributed by atoms with Crippen LogP contribution >= 0.6 is 0 Å². The number of methoxy groups -OCH3 is 1. The summed E-state index contributed by atoms with van der Waals surface area (Å²) in [6.45, 7) is 6.67. The van der Waals surface area contributed by atoms with Gasteiger partial charge in [-0.15, -0.1) is 0 Å². The van der Waals surface area contributed by atoms with Crippen molar-refractivity contribution in [3.8, 4) is 5.75 Å². The average Bonchev–Trinajstić information content (AvgIpc) is 2.94. The third kappa shape index (κ3) is 3.03. The fourth-order valence-corrected chi connectivity index (χ4v) is 3.35. The van der Waals surface area contributed by atoms with E-state index in [0.717, 1.165) is 42.2 Å². The molecule has 5 heteroatoms. The molecule has 0 radical (unpaired) electrons. The number of carbonyl (C=O) groups excluding carboxylic acids is 1. The van der Waals surface area contributed by atoms with Crippen molar-refractivity contribution in [2.45, 2.75) is 51.6 Å². The van der Waals surface area contributed by atoms with Crippen molar-refractivity contribution in [2.24, 2.45) is 0 Å². The molecule has 1 unspecified atom stereocenters. The Kier molecular flexibility index (Phi) is 4.35. The van der Waals surface area contributed by atoms with E-state index in [-0.39, 0.29) is 11.9 Å². The highest BCUT2D eigenvalue weighted by molar-refractivity contribution is 5.88. The number of imidazole rings is 1. The second kappa shape index (κ2) is 6.30. The first-order valence-corrected chi connectivity index (χ1v) is 8.39. The minimum Gasteiger partial charge on any atom is -0.496 e. The Morgan fingerprint density at radius 3 is 2.88 bits per heavy atom. The maximum Gasteiger partial charge on any atom is 0.230 e. The van der Waals surface area contributed by atoms with Gasteiger partial charge in [0.05, 0.1) is 18.2 Å². The van der Waals surface area contributed by atoms with Gasteiger partial charge in [-0.3, -0.25) is 4.79 Å². The van der Waals surface area contributed by atoms with Gasteiger partial charge in [0.25, 0.3) is 0 Å². The van der Waals surface area contributed by atoms with Crippen molar-refractivity contribution in [1.82, 2.24) is 14.9 Å². The van der Waals surface area contributed by atoms with Crippen LogP contribution in [0.5, 0.6) is 5.75 Å². The normalized spacial score (nSPS) is 17.2. The summed E-state index contributed by atoms with van der Waals surface area (Å²) < 4.78 is 7.58. The fraction of sp³-hybridized carbons (Fsp3) is 0.474. The van der Waals surface area contributed by atoms with Crippen molar-refractivity contribution < 1.29 is 9.53 Å². The number of aromatic nitrogens is 2. The molecule has 3 rings (SSSR count). The summed E-state index contributed by atoms with van der Waals surface area (Å²) in [6.07, 6.45) is 3.87. The maximum absolute atomic E-state index is 12.9. The summed E-state index contributed by atoms with van der Waals surface area (Å²) in [7, 11) is 1.64. The molecule has 2 heterocycles. The van der Waals surface area contributed by atoms with E-state index < -0.39 is 5.41 Å². The third-order valence-electron chi connectivity index (χ3n) is 4.80. The SMILES string of the molecule is COc1ccccc1C(C)(C)C(=O)NC1CCc2nc(C)cn2C1. The number of nitrogens with one attached hydrogen (secondary N) is 1. The van der Waals surface area contributed by atoms with Crippen LogP contribution in [0, 0.1) is 6.92 Å². The monoisotopic (exact) mass is 327 g/mol. The van der Waals surface area contributed by atoms with Crippen molar-refractivity contribution in [2.75, 3.05) is 7.11 Å². The Bertz CT molecular complexity index is 749. The van der Waals surface area contributed by atoms with Crippen LogP contribution in [0.15, 0.2) is 30.5 Å². The van der Waals surface area contributed by atoms with Crippen LogP contribution in [0.4, 0.5) is 0 Å². The molecule has 1 aromatic carbocycles. The van der Waals surface area contributed by atoms with Crippen LogP contribution < -0.4 is 10.1 Å². The van der Waals surface area contributed by atoms with E-state index in [1.165, 1.54) is 0 Å². The van der Waals surface area contributed by atoms with Crippen molar-refractivity contribution in [3.05, 3.63) is 47.5 Å². The van der Waals surface area contributed by atoms with Gasteiger partial charge in [-0.25, -0.2) is 4.98 Å². The number of nitrogens with zero attached hydrogens (tertiary/aromatic N) is 2. The summed E-state index contributed by atoms with van der Waals surface area (Å²) >= 11 is 0. The molecule has 1 amide bonds. The zero-order valence-corrected chi connectivity index (χ0v) is 14.8. The number of hydrogen-bond acceptors (Lipinski definition) is 3. The van der Waals surface area contributed by atoms with Crippen LogP contribution in [0.25, 0.3) is 0 Å². The standard InChI is InChI=1S/C19H25N3O2/c1-13-11-22-12-14(9-10-17(22)20-13)21-18(23)19(2,3)15-7-5-6-8-16(15)24-4/h5-8,11,14H,9-10,12H2,1-4H3,(H,21,23). The minimum absolute atomic E-state index is 0.0253. The van der Waals surface area contributed by atoms with Gasteiger partial charge in [0, 0.05) is 30.8 Å². The second-order valence-electron chi connectivity index (χ2n) is 6.99. The molecule has 2 aromatic rings. The molecule has 1 atom stereocenters. The third-order valence-corrected chi connectivity index (χ3v) is 4.80. The molecule has 1 aliphatic rings. The van der Waals surface area contributed by atoms with E-state index in [9.17, 15) is 4.79 Å². The number of carbonyl (C=O) groups is 1. The van der Waals surface area contributed by atoms with Crippen LogP contribution in [0.2, 0.25) is 0 Å². The molecule has 0 saturated carbocycles. The molecule has 0 aliphatic carbocycles. The number of fused-ring (bicyclic) bond motifs is 1. The van der Waals surface area contributed by atoms with E-state index in [2.05, 4.69) is 21.1 Å². The molecular weight excluding hydrogens is 302 g/mol. The fourth-order valence-electron chi connectivity index (χ4n) is 3.35. The van der Waals surface area contributed by atoms with Crippen LogP contribution in [0.1, 0.15) is 37.4 Å². The zero-order valence-electron chi connectivity index (χ0n) is 14.8. The molecule has 5 nitrogen and oxygen atoms in total. The number of hydrogen-bond donors (Lipinski definition) is 1. The first-order valence-electron chi connectivity index (χ1n) is 8.39. The van der Waals surface area contributed by atoms with Crippen LogP contribution in [-0.4, -0.2) is 28.6 Å². The smallest absolute Gasteiger partial charge is 0.230 e. The number of amides is 1. The summed E-state index contributed by atoms with van der Waals surface area (Å²) in [5.41, 5.74) is 1.28. The lowest BCUT2D eigenvalue weighted by molar-refractivity contribution is -0.126. The van der Waals surface area contributed by atoms with Crippen molar-refractivity contribution in [1.29, 1.82) is 0 Å². The Morgan fingerprint density at radius 1 is 1.38 bits per heavy atom. The Labute approximate surface area is 143 Å². The zero-order chi connectivity index (χ0) is 17.3. The Balaban J connectivity index is 1.74. The van der Waals surface area contributed by atoms with Gasteiger partial charge in [-0.1, -0.05) is 18.2 Å². The summed E-state index contributed by atoms with van der Waals surface area (Å²) in [4.78, 5) is 17.4. The molecule has 0 fully saturated rings. The number of benzene rings is 1. The predicted octanol–water partition coefficient (Wildman–Crippen LogP) is 2.61. The van der Waals surface area contributed by atoms with Gasteiger partial charge in [0.15, 0.2) is 0 Å². The first-order chi connectivity index (χ1) is 11.4. The quantitative estimate of drug-likeness (QED) is 0.939. The topological polar surface area (TPSA) is 56.1 Å². The van der Waals surface area contributed by atoms with Gasteiger partial charge in [-0.05, 0) is 33.3 Å². The molecule has 0 spiro atoms. The lowest BCUT2D eigenvalue weighted by atomic mass is 9.82. The highest BCUT2D eigenvalue weighted by Crippen LogP contribution is 2.32. The average molecular weight is 327 g/mol. The molecule has 128 valence electrons. The summed E-state index contributed by atoms with van der Waals surface area (Å²) in [5.74, 6) is 1.88. The van der Waals surface area contributed by atoms with Crippen molar-refractivity contribution in [3.63, 3.8) is 0 Å². The predicted molar refractivity (Wildman–Crippen MR) is 93.2 cm³/mol. The molecule has 1 aromatic heterocycles. The van der Waals surface area contributed by atoms with E-state index >= 15 is 0 Å². The lowest BCUT2D eigenvalue weighted by Crippen LogP contribution is -2.48. The van der Waals surface area contributed by atoms with E-state index in [0.29, 0.717) is 0 Å². The van der Waals surface area contributed by atoms with Crippen molar-refractivity contribution >= 4 is 5.91 Å². The maximum atomic E-state index is 12.9. The summed E-state index contributed by atoms with van der Waals surface area (Å²) in [5, 5.41) is 3.22. The number of rotatable bonds is 4. The first kappa shape index (κ1) is 16.6. The van der Waals surface area contributed by atoms with Crippen LogP contribution in [-0.2, 0) is 23.2 Å². The van der Waals surface area contributed by atoms with Crippen LogP contribution in [0.3, 0.4) is 0 Å². The molecule has 24 heavy (non-hydrogen) atoms. The molecule has 1 aliphatic heterocycles. The Morgan fingerprint density at radius 2 is 2.12 bits per heavy atom. The minimum atomic E-state index is -0.655. The molecule has 0 bridgehead atoms. The highest BCUT2D eigenvalue weighted by atomic mass is 16.5. The number of ether oxygens (including phenoxy) is 1. The van der Waals surface area contributed by atoms with E-state index in [1.54, 1.807) is 7.11 Å².